The maximum atomic E-state index is 11.9. The molecule has 0 bridgehead atoms. The highest BCUT2D eigenvalue weighted by atomic mass is 16.1. The summed E-state index contributed by atoms with van der Waals surface area (Å²) in [6.07, 6.45) is 3.21. The lowest BCUT2D eigenvalue weighted by atomic mass is 9.82. The number of ketones is 1. The molecule has 1 atom stereocenters. The van der Waals surface area contributed by atoms with Crippen molar-refractivity contribution in [1.82, 2.24) is 0 Å². The number of rotatable bonds is 2. The molecular formula is C13H14O2. The van der Waals surface area contributed by atoms with Crippen LogP contribution < -0.4 is 0 Å². The second-order valence-electron chi connectivity index (χ2n) is 3.99. The predicted octanol–water partition coefficient (Wildman–Crippen LogP) is 2.19. The van der Waals surface area contributed by atoms with Gasteiger partial charge in [0, 0.05) is 5.56 Å². The van der Waals surface area contributed by atoms with Crippen LogP contribution in [-0.4, -0.2) is 12.1 Å². The number of carbonyl (C=O) groups is 2. The number of carbonyl (C=O) groups excluding carboxylic acids is 2. The summed E-state index contributed by atoms with van der Waals surface area (Å²) < 4.78 is 0. The van der Waals surface area contributed by atoms with Crippen LogP contribution in [0.1, 0.15) is 34.8 Å². The fourth-order valence-electron chi connectivity index (χ4n) is 2.06. The molecule has 0 saturated heterocycles. The van der Waals surface area contributed by atoms with E-state index in [2.05, 4.69) is 13.0 Å². The summed E-state index contributed by atoms with van der Waals surface area (Å²) >= 11 is 0. The Bertz CT molecular complexity index is 407. The van der Waals surface area contributed by atoms with Crippen molar-refractivity contribution in [3.63, 3.8) is 0 Å². The van der Waals surface area contributed by atoms with Gasteiger partial charge in [0.2, 0.25) is 0 Å². The number of aldehydes is 1. The molecule has 1 unspecified atom stereocenters. The number of benzene rings is 1. The van der Waals surface area contributed by atoms with Crippen LogP contribution in [0.5, 0.6) is 0 Å². The van der Waals surface area contributed by atoms with Crippen LogP contribution in [-0.2, 0) is 17.6 Å². The summed E-state index contributed by atoms with van der Waals surface area (Å²) in [6, 6.07) is 6.02. The molecular weight excluding hydrogens is 188 g/mol. The second-order valence-corrected chi connectivity index (χ2v) is 3.99. The Kier molecular flexibility index (Phi) is 2.67. The van der Waals surface area contributed by atoms with Crippen molar-refractivity contribution in [3.05, 3.63) is 34.9 Å². The van der Waals surface area contributed by atoms with E-state index in [0.717, 1.165) is 35.8 Å². The molecule has 0 aromatic heterocycles. The molecule has 1 aromatic carbocycles. The van der Waals surface area contributed by atoms with E-state index in [9.17, 15) is 9.59 Å². The largest absolute Gasteiger partial charge is 0.303 e. The smallest absolute Gasteiger partial charge is 0.173 e. The lowest BCUT2D eigenvalue weighted by Gasteiger charge is -2.19. The van der Waals surface area contributed by atoms with Crippen LogP contribution in [0.2, 0.25) is 0 Å². The molecule has 0 spiro atoms. The van der Waals surface area contributed by atoms with Crippen molar-refractivity contribution in [2.45, 2.75) is 26.2 Å². The zero-order valence-corrected chi connectivity index (χ0v) is 8.82. The molecule has 2 nitrogen and oxygen atoms in total. The molecule has 2 rings (SSSR count). The van der Waals surface area contributed by atoms with Crippen LogP contribution in [0.3, 0.4) is 0 Å². The average molecular weight is 202 g/mol. The van der Waals surface area contributed by atoms with Crippen molar-refractivity contribution >= 4 is 12.1 Å². The fraction of sp³-hybridized carbons (Fsp3) is 0.385. The minimum Gasteiger partial charge on any atom is -0.303 e. The molecule has 0 amide bonds. The Labute approximate surface area is 89.3 Å². The Morgan fingerprint density at radius 3 is 2.93 bits per heavy atom. The summed E-state index contributed by atoms with van der Waals surface area (Å²) in [5.74, 6) is -0.411. The summed E-state index contributed by atoms with van der Waals surface area (Å²) in [7, 11) is 0. The maximum Gasteiger partial charge on any atom is 0.173 e. The normalized spacial score (nSPS) is 19.8. The van der Waals surface area contributed by atoms with Crippen LogP contribution >= 0.6 is 0 Å². The lowest BCUT2D eigenvalue weighted by Crippen LogP contribution is -2.23. The molecule has 0 saturated carbocycles. The van der Waals surface area contributed by atoms with Gasteiger partial charge in [-0.05, 0) is 36.5 Å². The van der Waals surface area contributed by atoms with Crippen molar-refractivity contribution in [2.24, 2.45) is 5.92 Å². The topological polar surface area (TPSA) is 34.1 Å². The van der Waals surface area contributed by atoms with E-state index in [1.54, 1.807) is 0 Å². The van der Waals surface area contributed by atoms with E-state index in [4.69, 9.17) is 0 Å². The lowest BCUT2D eigenvalue weighted by molar-refractivity contribution is -0.110. The van der Waals surface area contributed by atoms with E-state index in [0.29, 0.717) is 6.42 Å². The Morgan fingerprint density at radius 2 is 2.27 bits per heavy atom. The van der Waals surface area contributed by atoms with Gasteiger partial charge < -0.3 is 4.79 Å². The predicted molar refractivity (Wildman–Crippen MR) is 58.0 cm³/mol. The van der Waals surface area contributed by atoms with Crippen LogP contribution in [0.15, 0.2) is 18.2 Å². The first-order chi connectivity index (χ1) is 7.26. The fourth-order valence-corrected chi connectivity index (χ4v) is 2.06. The van der Waals surface area contributed by atoms with Crippen LogP contribution in [0.4, 0.5) is 0 Å². The third kappa shape index (κ3) is 1.72. The van der Waals surface area contributed by atoms with Gasteiger partial charge in [-0.25, -0.2) is 0 Å². The van der Waals surface area contributed by atoms with E-state index < -0.39 is 5.92 Å². The molecule has 0 radical (unpaired) electrons. The summed E-state index contributed by atoms with van der Waals surface area (Å²) in [4.78, 5) is 22.6. The molecule has 1 aliphatic rings. The SMILES string of the molecule is CCc1ccc2c(c1)C(=O)C(C=O)CC2. The highest BCUT2D eigenvalue weighted by molar-refractivity contribution is 6.07. The molecule has 1 aromatic rings. The van der Waals surface area contributed by atoms with Gasteiger partial charge in [-0.2, -0.15) is 0 Å². The van der Waals surface area contributed by atoms with Gasteiger partial charge in [0.15, 0.2) is 5.78 Å². The van der Waals surface area contributed by atoms with Crippen molar-refractivity contribution in [3.8, 4) is 0 Å². The van der Waals surface area contributed by atoms with Gasteiger partial charge >= 0.3 is 0 Å². The van der Waals surface area contributed by atoms with Gasteiger partial charge in [0.25, 0.3) is 0 Å². The minimum atomic E-state index is -0.412. The standard InChI is InChI=1S/C13H14O2/c1-2-9-3-4-10-5-6-11(8-14)13(15)12(10)7-9/h3-4,7-8,11H,2,5-6H2,1H3. The third-order valence-electron chi connectivity index (χ3n) is 3.07. The zero-order valence-electron chi connectivity index (χ0n) is 8.82. The first-order valence-electron chi connectivity index (χ1n) is 5.37. The van der Waals surface area contributed by atoms with Gasteiger partial charge in [-0.1, -0.05) is 19.1 Å². The van der Waals surface area contributed by atoms with Gasteiger partial charge in [-0.3, -0.25) is 4.79 Å². The van der Waals surface area contributed by atoms with Crippen molar-refractivity contribution in [1.29, 1.82) is 0 Å². The monoisotopic (exact) mass is 202 g/mol. The highest BCUT2D eigenvalue weighted by Gasteiger charge is 2.26. The summed E-state index contributed by atoms with van der Waals surface area (Å²) in [5, 5.41) is 0. The number of fused-ring (bicyclic) bond motifs is 1. The van der Waals surface area contributed by atoms with E-state index in [-0.39, 0.29) is 5.78 Å². The Hall–Kier alpha value is -1.44. The quantitative estimate of drug-likeness (QED) is 0.544. The van der Waals surface area contributed by atoms with E-state index in [1.165, 1.54) is 0 Å². The maximum absolute atomic E-state index is 11.9. The zero-order chi connectivity index (χ0) is 10.8. The summed E-state index contributed by atoms with van der Waals surface area (Å²) in [5.41, 5.74) is 3.02. The minimum absolute atomic E-state index is 0.00144. The summed E-state index contributed by atoms with van der Waals surface area (Å²) in [6.45, 7) is 2.06. The molecule has 1 aliphatic carbocycles. The third-order valence-corrected chi connectivity index (χ3v) is 3.07. The molecule has 0 aliphatic heterocycles. The van der Waals surface area contributed by atoms with Crippen molar-refractivity contribution < 1.29 is 9.59 Å². The van der Waals surface area contributed by atoms with E-state index in [1.807, 2.05) is 12.1 Å². The average Bonchev–Trinajstić information content (AvgIpc) is 2.29. The molecule has 15 heavy (non-hydrogen) atoms. The molecule has 0 N–H and O–H groups in total. The highest BCUT2D eigenvalue weighted by Crippen LogP contribution is 2.25. The number of hydrogen-bond donors (Lipinski definition) is 0. The number of hydrogen-bond acceptors (Lipinski definition) is 2. The first-order valence-corrected chi connectivity index (χ1v) is 5.37. The van der Waals surface area contributed by atoms with E-state index >= 15 is 0 Å². The molecule has 78 valence electrons. The van der Waals surface area contributed by atoms with Gasteiger partial charge in [0.1, 0.15) is 6.29 Å². The second kappa shape index (κ2) is 3.97. The van der Waals surface area contributed by atoms with Gasteiger partial charge in [0.05, 0.1) is 5.92 Å². The number of Topliss-reactive ketones (excluding diaryl/α,β-unsaturated/α-hetero) is 1. The number of aryl methyl sites for hydroxylation is 2. The Morgan fingerprint density at radius 1 is 1.47 bits per heavy atom. The molecule has 0 heterocycles. The van der Waals surface area contributed by atoms with Crippen LogP contribution in [0, 0.1) is 5.92 Å². The van der Waals surface area contributed by atoms with Gasteiger partial charge in [-0.15, -0.1) is 0 Å². The molecule has 0 fully saturated rings. The molecule has 2 heteroatoms. The van der Waals surface area contributed by atoms with Crippen molar-refractivity contribution in [2.75, 3.05) is 0 Å². The Balaban J connectivity index is 2.44. The first kappa shape index (κ1) is 10.1. The van der Waals surface area contributed by atoms with Crippen LogP contribution in [0.25, 0.3) is 0 Å².